The Morgan fingerprint density at radius 3 is 2.54 bits per heavy atom. The van der Waals surface area contributed by atoms with Gasteiger partial charge < -0.3 is 5.32 Å². The molecule has 0 aromatic carbocycles. The second-order valence-corrected chi connectivity index (χ2v) is 4.35. The van der Waals surface area contributed by atoms with Gasteiger partial charge in [-0.25, -0.2) is 0 Å². The quantitative estimate of drug-likeness (QED) is 0.668. The average Bonchev–Trinajstić information content (AvgIpc) is 2.46. The monoisotopic (exact) mass is 179 g/mol. The van der Waals surface area contributed by atoms with E-state index in [1.165, 1.54) is 31.8 Å². The molecule has 2 heteroatoms. The third kappa shape index (κ3) is 1.99. The van der Waals surface area contributed by atoms with Gasteiger partial charge in [0.2, 0.25) is 0 Å². The molecule has 2 nitrogen and oxygen atoms in total. The van der Waals surface area contributed by atoms with Crippen molar-refractivity contribution in [3.63, 3.8) is 0 Å². The molecular weight excluding hydrogens is 162 g/mol. The van der Waals surface area contributed by atoms with E-state index >= 15 is 0 Å². The summed E-state index contributed by atoms with van der Waals surface area (Å²) in [6, 6.07) is 1.39. The second kappa shape index (κ2) is 3.62. The minimum atomic E-state index is 0.214. The Balaban J connectivity index is 1.88. The lowest BCUT2D eigenvalue weighted by atomic mass is 9.88. The Morgan fingerprint density at radius 1 is 1.38 bits per heavy atom. The first-order valence-electron chi connectivity index (χ1n) is 5.19. The normalized spacial score (nSPS) is 37.4. The fourth-order valence-electron chi connectivity index (χ4n) is 2.71. The maximum absolute atomic E-state index is 11.2. The Morgan fingerprint density at radius 2 is 2.00 bits per heavy atom. The van der Waals surface area contributed by atoms with Crippen LogP contribution in [0.15, 0.2) is 12.7 Å². The highest BCUT2D eigenvalue weighted by molar-refractivity contribution is 5.89. The van der Waals surface area contributed by atoms with Gasteiger partial charge in [-0.15, -0.1) is 0 Å². The Hall–Kier alpha value is -0.630. The van der Waals surface area contributed by atoms with E-state index in [9.17, 15) is 4.79 Å². The van der Waals surface area contributed by atoms with Crippen molar-refractivity contribution in [3.8, 4) is 0 Å². The van der Waals surface area contributed by atoms with E-state index in [0.29, 0.717) is 18.0 Å². The summed E-state index contributed by atoms with van der Waals surface area (Å²) in [5.41, 5.74) is 0. The zero-order valence-electron chi connectivity index (χ0n) is 7.96. The predicted octanol–water partition coefficient (Wildman–Crippen LogP) is 1.66. The van der Waals surface area contributed by atoms with Crippen LogP contribution in [0.2, 0.25) is 0 Å². The topological polar surface area (TPSA) is 29.1 Å². The van der Waals surface area contributed by atoms with Gasteiger partial charge in [-0.2, -0.15) is 0 Å². The fraction of sp³-hybridized carbons (Fsp3) is 0.727. The fourth-order valence-corrected chi connectivity index (χ4v) is 2.71. The van der Waals surface area contributed by atoms with Crippen LogP contribution in [0, 0.1) is 5.92 Å². The van der Waals surface area contributed by atoms with Crippen molar-refractivity contribution in [1.82, 2.24) is 5.32 Å². The number of piperidine rings is 1. The van der Waals surface area contributed by atoms with Crippen molar-refractivity contribution in [2.75, 3.05) is 0 Å². The van der Waals surface area contributed by atoms with E-state index in [2.05, 4.69) is 11.9 Å². The Bertz CT molecular complexity index is 212. The Labute approximate surface area is 79.4 Å². The van der Waals surface area contributed by atoms with Crippen LogP contribution in [0.1, 0.15) is 32.1 Å². The first-order chi connectivity index (χ1) is 6.28. The first kappa shape index (κ1) is 8.95. The lowest BCUT2D eigenvalue weighted by molar-refractivity contribution is -0.115. The van der Waals surface area contributed by atoms with Gasteiger partial charge in [-0.05, 0) is 37.7 Å². The molecule has 72 valence electrons. The SMILES string of the molecule is C=CC(=O)CC1CC2CCC(C1)N2. The van der Waals surface area contributed by atoms with Crippen LogP contribution >= 0.6 is 0 Å². The van der Waals surface area contributed by atoms with Crippen molar-refractivity contribution in [1.29, 1.82) is 0 Å². The number of ketones is 1. The third-order valence-corrected chi connectivity index (χ3v) is 3.29. The number of carbonyl (C=O) groups excluding carboxylic acids is 1. The van der Waals surface area contributed by atoms with E-state index in [1.54, 1.807) is 0 Å². The molecule has 0 spiro atoms. The highest BCUT2D eigenvalue weighted by Gasteiger charge is 2.33. The van der Waals surface area contributed by atoms with Crippen LogP contribution in [0.4, 0.5) is 0 Å². The van der Waals surface area contributed by atoms with E-state index in [0.717, 1.165) is 6.42 Å². The zero-order valence-corrected chi connectivity index (χ0v) is 7.96. The van der Waals surface area contributed by atoms with Gasteiger partial charge in [0.15, 0.2) is 5.78 Å². The van der Waals surface area contributed by atoms with E-state index < -0.39 is 0 Å². The minimum absolute atomic E-state index is 0.214. The van der Waals surface area contributed by atoms with Crippen LogP contribution < -0.4 is 5.32 Å². The van der Waals surface area contributed by atoms with Crippen LogP contribution in [0.3, 0.4) is 0 Å². The highest BCUT2D eigenvalue weighted by atomic mass is 16.1. The number of allylic oxidation sites excluding steroid dienone is 1. The van der Waals surface area contributed by atoms with Gasteiger partial charge in [0.25, 0.3) is 0 Å². The standard InChI is InChI=1S/C11H17NO/c1-2-11(13)7-8-5-9-3-4-10(6-8)12-9/h2,8-10,12H,1,3-7H2. The minimum Gasteiger partial charge on any atom is -0.311 e. The third-order valence-electron chi connectivity index (χ3n) is 3.29. The van der Waals surface area contributed by atoms with Crippen molar-refractivity contribution in [2.45, 2.75) is 44.2 Å². The first-order valence-corrected chi connectivity index (χ1v) is 5.19. The van der Waals surface area contributed by atoms with Crippen LogP contribution in [0.25, 0.3) is 0 Å². The van der Waals surface area contributed by atoms with E-state index in [4.69, 9.17) is 0 Å². The molecule has 2 aliphatic rings. The van der Waals surface area contributed by atoms with Crippen molar-refractivity contribution >= 4 is 5.78 Å². The second-order valence-electron chi connectivity index (χ2n) is 4.35. The number of fused-ring (bicyclic) bond motifs is 2. The molecule has 1 N–H and O–H groups in total. The smallest absolute Gasteiger partial charge is 0.155 e. The largest absolute Gasteiger partial charge is 0.311 e. The Kier molecular flexibility index (Phi) is 2.49. The summed E-state index contributed by atoms with van der Waals surface area (Å²) in [5.74, 6) is 0.829. The summed E-state index contributed by atoms with van der Waals surface area (Å²) in [6.07, 6.45) is 7.18. The van der Waals surface area contributed by atoms with Crippen LogP contribution in [-0.2, 0) is 4.79 Å². The van der Waals surface area contributed by atoms with Gasteiger partial charge in [-0.1, -0.05) is 6.58 Å². The summed E-state index contributed by atoms with van der Waals surface area (Å²) in [7, 11) is 0. The van der Waals surface area contributed by atoms with Crippen molar-refractivity contribution < 1.29 is 4.79 Å². The maximum Gasteiger partial charge on any atom is 0.155 e. The molecule has 2 aliphatic heterocycles. The highest BCUT2D eigenvalue weighted by Crippen LogP contribution is 2.32. The molecule has 2 rings (SSSR count). The molecule has 2 bridgehead atoms. The molecule has 0 aromatic rings. The number of nitrogens with one attached hydrogen (secondary N) is 1. The van der Waals surface area contributed by atoms with Crippen LogP contribution in [0.5, 0.6) is 0 Å². The summed E-state index contributed by atoms with van der Waals surface area (Å²) >= 11 is 0. The molecule has 2 unspecified atom stereocenters. The molecule has 0 aliphatic carbocycles. The van der Waals surface area contributed by atoms with Crippen LogP contribution in [-0.4, -0.2) is 17.9 Å². The van der Waals surface area contributed by atoms with Gasteiger partial charge in [0, 0.05) is 18.5 Å². The lowest BCUT2D eigenvalue weighted by Gasteiger charge is -2.28. The van der Waals surface area contributed by atoms with E-state index in [-0.39, 0.29) is 5.78 Å². The summed E-state index contributed by atoms with van der Waals surface area (Å²) in [6.45, 7) is 3.51. The predicted molar refractivity (Wildman–Crippen MR) is 52.5 cm³/mol. The van der Waals surface area contributed by atoms with Gasteiger partial charge in [0.1, 0.15) is 0 Å². The molecule has 2 saturated heterocycles. The molecule has 2 atom stereocenters. The molecule has 2 fully saturated rings. The summed E-state index contributed by atoms with van der Waals surface area (Å²) in [5, 5.41) is 3.57. The number of rotatable bonds is 3. The molecule has 13 heavy (non-hydrogen) atoms. The van der Waals surface area contributed by atoms with Gasteiger partial charge in [-0.3, -0.25) is 4.79 Å². The summed E-state index contributed by atoms with van der Waals surface area (Å²) in [4.78, 5) is 11.2. The van der Waals surface area contributed by atoms with E-state index in [1.807, 2.05) is 0 Å². The molecule has 2 heterocycles. The molecule has 0 radical (unpaired) electrons. The van der Waals surface area contributed by atoms with Crippen molar-refractivity contribution in [3.05, 3.63) is 12.7 Å². The molecule has 0 amide bonds. The molecule has 0 saturated carbocycles. The number of hydrogen-bond acceptors (Lipinski definition) is 2. The van der Waals surface area contributed by atoms with Crippen molar-refractivity contribution in [2.24, 2.45) is 5.92 Å². The molecular formula is C11H17NO. The molecule has 0 aromatic heterocycles. The number of hydrogen-bond donors (Lipinski definition) is 1. The van der Waals surface area contributed by atoms with Gasteiger partial charge in [0.05, 0.1) is 0 Å². The summed E-state index contributed by atoms with van der Waals surface area (Å²) < 4.78 is 0. The maximum atomic E-state index is 11.2. The lowest BCUT2D eigenvalue weighted by Crippen LogP contribution is -2.38. The zero-order chi connectivity index (χ0) is 9.26. The number of carbonyl (C=O) groups is 1. The van der Waals surface area contributed by atoms with Gasteiger partial charge >= 0.3 is 0 Å². The average molecular weight is 179 g/mol.